The summed E-state index contributed by atoms with van der Waals surface area (Å²) in [5.74, 6) is 1.74. The summed E-state index contributed by atoms with van der Waals surface area (Å²) in [7, 11) is 0. The highest BCUT2D eigenvalue weighted by Crippen LogP contribution is 2.11. The van der Waals surface area contributed by atoms with Gasteiger partial charge in [-0.05, 0) is 39.0 Å². The van der Waals surface area contributed by atoms with Crippen LogP contribution in [0.3, 0.4) is 0 Å². The van der Waals surface area contributed by atoms with Crippen LogP contribution in [0.15, 0.2) is 17.1 Å². The predicted molar refractivity (Wildman–Crippen MR) is 108 cm³/mol. The van der Waals surface area contributed by atoms with E-state index in [2.05, 4.69) is 60.4 Å². The number of rotatable bonds is 7. The highest BCUT2D eigenvalue weighted by Gasteiger charge is 2.20. The summed E-state index contributed by atoms with van der Waals surface area (Å²) in [6, 6.07) is 0.563. The number of allylic oxidation sites excluding steroid dienone is 1. The fourth-order valence-electron chi connectivity index (χ4n) is 2.71. The molecule has 0 aromatic rings. The third-order valence-corrected chi connectivity index (χ3v) is 3.70. The van der Waals surface area contributed by atoms with Crippen molar-refractivity contribution in [1.29, 1.82) is 0 Å². The Balaban J connectivity index is 0.00000441. The van der Waals surface area contributed by atoms with Crippen LogP contribution in [0, 0.1) is 5.92 Å². The summed E-state index contributed by atoms with van der Waals surface area (Å²) in [6.45, 7) is 14.2. The molecular formula is C17H35IN4. The van der Waals surface area contributed by atoms with Gasteiger partial charge in [-0.2, -0.15) is 0 Å². The Kier molecular flexibility index (Phi) is 13.0. The second kappa shape index (κ2) is 13.2. The number of guanidine groups is 1. The molecule has 0 aromatic carbocycles. The Bertz CT molecular complexity index is 321. The van der Waals surface area contributed by atoms with Crippen LogP contribution >= 0.6 is 24.0 Å². The van der Waals surface area contributed by atoms with E-state index in [1.54, 1.807) is 0 Å². The van der Waals surface area contributed by atoms with Gasteiger partial charge in [0.15, 0.2) is 5.96 Å². The number of piperidine rings is 1. The Morgan fingerprint density at radius 2 is 2.00 bits per heavy atom. The number of likely N-dealkylation sites (tertiary alicyclic amines) is 1. The Labute approximate surface area is 154 Å². The van der Waals surface area contributed by atoms with Gasteiger partial charge in [0.2, 0.25) is 0 Å². The largest absolute Gasteiger partial charge is 0.357 e. The summed E-state index contributed by atoms with van der Waals surface area (Å²) in [5, 5.41) is 6.95. The molecule has 0 aliphatic carbocycles. The third-order valence-electron chi connectivity index (χ3n) is 3.70. The molecule has 5 heteroatoms. The molecule has 0 saturated carbocycles. The zero-order valence-corrected chi connectivity index (χ0v) is 17.1. The number of aliphatic imine (C=N–C) groups is 1. The summed E-state index contributed by atoms with van der Waals surface area (Å²) >= 11 is 0. The van der Waals surface area contributed by atoms with Crippen LogP contribution in [0.1, 0.15) is 47.0 Å². The van der Waals surface area contributed by atoms with E-state index in [4.69, 9.17) is 0 Å². The van der Waals surface area contributed by atoms with Crippen LogP contribution in [0.5, 0.6) is 0 Å². The van der Waals surface area contributed by atoms with Crippen LogP contribution < -0.4 is 10.6 Å². The summed E-state index contributed by atoms with van der Waals surface area (Å²) < 4.78 is 0. The minimum absolute atomic E-state index is 0. The quantitative estimate of drug-likeness (QED) is 0.218. The molecule has 1 fully saturated rings. The lowest BCUT2D eigenvalue weighted by Crippen LogP contribution is -2.49. The molecule has 0 spiro atoms. The van der Waals surface area contributed by atoms with Crippen molar-refractivity contribution in [2.45, 2.75) is 53.0 Å². The predicted octanol–water partition coefficient (Wildman–Crippen LogP) is 3.25. The molecule has 0 bridgehead atoms. The smallest absolute Gasteiger partial charge is 0.191 e. The second-order valence-electron chi connectivity index (χ2n) is 6.23. The fourth-order valence-corrected chi connectivity index (χ4v) is 2.71. The minimum Gasteiger partial charge on any atom is -0.357 e. The highest BCUT2D eigenvalue weighted by molar-refractivity contribution is 14.0. The molecule has 4 nitrogen and oxygen atoms in total. The molecular weight excluding hydrogens is 387 g/mol. The van der Waals surface area contributed by atoms with Gasteiger partial charge in [-0.25, -0.2) is 0 Å². The molecule has 1 heterocycles. The maximum atomic E-state index is 4.64. The summed E-state index contributed by atoms with van der Waals surface area (Å²) in [6.07, 6.45) is 7.69. The highest BCUT2D eigenvalue weighted by atomic mass is 127. The molecule has 0 atom stereocenters. The van der Waals surface area contributed by atoms with Crippen LogP contribution in [0.4, 0.5) is 0 Å². The van der Waals surface area contributed by atoms with Gasteiger partial charge >= 0.3 is 0 Å². The average Bonchev–Trinajstić information content (AvgIpc) is 2.45. The SMILES string of the molecule is CC=CCCN=C(NCC)NC1CCN(CC(C)C)CC1.I. The van der Waals surface area contributed by atoms with Crippen molar-refractivity contribution < 1.29 is 0 Å². The molecule has 1 aliphatic rings. The Morgan fingerprint density at radius 1 is 1.32 bits per heavy atom. The second-order valence-corrected chi connectivity index (χ2v) is 6.23. The normalized spacial score (nSPS) is 17.8. The van der Waals surface area contributed by atoms with E-state index >= 15 is 0 Å². The monoisotopic (exact) mass is 422 g/mol. The standard InChI is InChI=1S/C17H34N4.HI/c1-5-7-8-11-19-17(18-6-2)20-16-9-12-21(13-10-16)14-15(3)4;/h5,7,15-16H,6,8-14H2,1-4H3,(H2,18,19,20);1H. The van der Waals surface area contributed by atoms with E-state index in [-0.39, 0.29) is 24.0 Å². The summed E-state index contributed by atoms with van der Waals surface area (Å²) in [5.41, 5.74) is 0. The molecule has 22 heavy (non-hydrogen) atoms. The van der Waals surface area contributed by atoms with E-state index < -0.39 is 0 Å². The lowest BCUT2D eigenvalue weighted by atomic mass is 10.0. The van der Waals surface area contributed by atoms with Gasteiger partial charge in [-0.1, -0.05) is 26.0 Å². The first-order valence-corrected chi connectivity index (χ1v) is 8.54. The third kappa shape index (κ3) is 9.66. The maximum Gasteiger partial charge on any atom is 0.191 e. The molecule has 0 aromatic heterocycles. The summed E-state index contributed by atoms with van der Waals surface area (Å²) in [4.78, 5) is 7.22. The van der Waals surface area contributed by atoms with E-state index in [1.165, 1.54) is 32.5 Å². The molecule has 0 radical (unpaired) electrons. The first-order chi connectivity index (χ1) is 10.2. The maximum absolute atomic E-state index is 4.64. The van der Waals surface area contributed by atoms with Crippen LogP contribution in [0.2, 0.25) is 0 Å². The van der Waals surface area contributed by atoms with Crippen molar-refractivity contribution in [2.24, 2.45) is 10.9 Å². The van der Waals surface area contributed by atoms with Gasteiger partial charge in [0.05, 0.1) is 0 Å². The van der Waals surface area contributed by atoms with Gasteiger partial charge in [0.1, 0.15) is 0 Å². The van der Waals surface area contributed by atoms with E-state index in [0.29, 0.717) is 6.04 Å². The average molecular weight is 422 g/mol. The Morgan fingerprint density at radius 3 is 2.55 bits per heavy atom. The van der Waals surface area contributed by atoms with Crippen LogP contribution in [-0.2, 0) is 0 Å². The van der Waals surface area contributed by atoms with Crippen LogP contribution in [0.25, 0.3) is 0 Å². The van der Waals surface area contributed by atoms with Crippen molar-refractivity contribution >= 4 is 29.9 Å². The number of nitrogens with zero attached hydrogens (tertiary/aromatic N) is 2. The number of hydrogen-bond donors (Lipinski definition) is 2. The molecule has 0 amide bonds. The number of hydrogen-bond acceptors (Lipinski definition) is 2. The van der Waals surface area contributed by atoms with Gasteiger partial charge in [-0.15, -0.1) is 24.0 Å². The topological polar surface area (TPSA) is 39.7 Å². The molecule has 130 valence electrons. The van der Waals surface area contributed by atoms with Crippen molar-refractivity contribution in [1.82, 2.24) is 15.5 Å². The number of nitrogens with one attached hydrogen (secondary N) is 2. The van der Waals surface area contributed by atoms with Crippen LogP contribution in [-0.4, -0.2) is 49.6 Å². The lowest BCUT2D eigenvalue weighted by molar-refractivity contribution is 0.187. The first-order valence-electron chi connectivity index (χ1n) is 8.54. The van der Waals surface area contributed by atoms with Gasteiger partial charge in [-0.3, -0.25) is 4.99 Å². The van der Waals surface area contributed by atoms with E-state index in [1.807, 2.05) is 0 Å². The van der Waals surface area contributed by atoms with Crippen molar-refractivity contribution in [3.05, 3.63) is 12.2 Å². The first kappa shape index (κ1) is 21.7. The number of halogens is 1. The molecule has 1 aliphatic heterocycles. The van der Waals surface area contributed by atoms with Crippen molar-refractivity contribution in [3.63, 3.8) is 0 Å². The van der Waals surface area contributed by atoms with Crippen molar-refractivity contribution in [2.75, 3.05) is 32.7 Å². The van der Waals surface area contributed by atoms with Gasteiger partial charge in [0, 0.05) is 38.8 Å². The molecule has 0 unspecified atom stereocenters. The molecule has 1 saturated heterocycles. The minimum atomic E-state index is 0. The van der Waals surface area contributed by atoms with Gasteiger partial charge < -0.3 is 15.5 Å². The molecule has 2 N–H and O–H groups in total. The molecule has 1 rings (SSSR count). The fraction of sp³-hybridized carbons (Fsp3) is 0.824. The van der Waals surface area contributed by atoms with E-state index in [9.17, 15) is 0 Å². The zero-order chi connectivity index (χ0) is 15.5. The van der Waals surface area contributed by atoms with E-state index in [0.717, 1.165) is 31.4 Å². The van der Waals surface area contributed by atoms with Crippen molar-refractivity contribution in [3.8, 4) is 0 Å². The lowest BCUT2D eigenvalue weighted by Gasteiger charge is -2.34. The zero-order valence-electron chi connectivity index (χ0n) is 14.8. The van der Waals surface area contributed by atoms with Gasteiger partial charge in [0.25, 0.3) is 0 Å². The Hall–Kier alpha value is -0.300.